The molecule has 0 saturated carbocycles. The monoisotopic (exact) mass is 533 g/mol. The number of thioether (sulfide) groups is 1. The molecule has 2 N–H and O–H groups in total. The third kappa shape index (κ3) is 6.09. The molecule has 5 heteroatoms. The molecule has 0 spiro atoms. The Labute approximate surface area is 233 Å². The van der Waals surface area contributed by atoms with Gasteiger partial charge in [0, 0.05) is 32.7 Å². The summed E-state index contributed by atoms with van der Waals surface area (Å²) in [7, 11) is 3.48. The molecule has 2 atom stereocenters. The van der Waals surface area contributed by atoms with Gasteiger partial charge in [-0.25, -0.2) is 0 Å². The maximum atomic E-state index is 6.33. The summed E-state index contributed by atoms with van der Waals surface area (Å²) in [5.74, 6) is 2.75. The van der Waals surface area contributed by atoms with Crippen LogP contribution >= 0.6 is 11.8 Å². The first-order valence-electron chi connectivity index (χ1n) is 13.4. The molecule has 38 heavy (non-hydrogen) atoms. The Hall–Kier alpha value is -2.79. The van der Waals surface area contributed by atoms with Crippen LogP contribution < -0.4 is 15.2 Å². The van der Waals surface area contributed by atoms with Crippen molar-refractivity contribution in [1.29, 1.82) is 0 Å². The lowest BCUT2D eigenvalue weighted by atomic mass is 9.71. The predicted molar refractivity (Wildman–Crippen MR) is 161 cm³/mol. The van der Waals surface area contributed by atoms with Crippen LogP contribution in [-0.2, 0) is 11.2 Å². The molecule has 0 aromatic heterocycles. The minimum atomic E-state index is -0.0108. The number of rotatable bonds is 8. The van der Waals surface area contributed by atoms with Crippen molar-refractivity contribution in [3.05, 3.63) is 88.2 Å². The molecule has 1 heterocycles. The van der Waals surface area contributed by atoms with Gasteiger partial charge in [-0.2, -0.15) is 0 Å². The topological polar surface area (TPSA) is 53.7 Å². The quantitative estimate of drug-likeness (QED) is 0.372. The van der Waals surface area contributed by atoms with E-state index in [1.54, 1.807) is 14.2 Å². The van der Waals surface area contributed by atoms with E-state index < -0.39 is 0 Å². The van der Waals surface area contributed by atoms with Crippen LogP contribution in [0.1, 0.15) is 75.5 Å². The summed E-state index contributed by atoms with van der Waals surface area (Å²) in [4.78, 5) is 0. The molecule has 0 bridgehead atoms. The van der Waals surface area contributed by atoms with E-state index in [0.29, 0.717) is 11.9 Å². The van der Waals surface area contributed by atoms with Crippen LogP contribution in [0.25, 0.3) is 5.76 Å². The van der Waals surface area contributed by atoms with Gasteiger partial charge in [-0.15, -0.1) is 11.8 Å². The molecule has 2 aliphatic rings. The average Bonchev–Trinajstić information content (AvgIpc) is 3.20. The highest BCUT2D eigenvalue weighted by atomic mass is 32.2. The molecular formula is C33H43NO3S. The zero-order valence-electron chi connectivity index (χ0n) is 24.2. The van der Waals surface area contributed by atoms with Gasteiger partial charge in [-0.05, 0) is 72.2 Å². The van der Waals surface area contributed by atoms with Crippen molar-refractivity contribution >= 4 is 17.5 Å². The molecule has 0 amide bonds. The molecule has 4 nitrogen and oxygen atoms in total. The lowest BCUT2D eigenvalue weighted by molar-refractivity contribution is 0.213. The van der Waals surface area contributed by atoms with Crippen LogP contribution in [0.15, 0.2) is 65.9 Å². The first kappa shape index (κ1) is 28.2. The smallest absolute Gasteiger partial charge is 0.127 e. The van der Waals surface area contributed by atoms with Crippen LogP contribution in [-0.4, -0.2) is 26.1 Å². The van der Waals surface area contributed by atoms with Gasteiger partial charge in [0.05, 0.1) is 20.8 Å². The molecule has 4 rings (SSSR count). The largest absolute Gasteiger partial charge is 0.497 e. The van der Waals surface area contributed by atoms with Gasteiger partial charge in [-0.1, -0.05) is 58.9 Å². The second kappa shape index (κ2) is 11.1. The second-order valence-electron chi connectivity index (χ2n) is 12.0. The van der Waals surface area contributed by atoms with Gasteiger partial charge in [0.25, 0.3) is 0 Å². The highest BCUT2D eigenvalue weighted by Crippen LogP contribution is 2.50. The van der Waals surface area contributed by atoms with Gasteiger partial charge >= 0.3 is 0 Å². The van der Waals surface area contributed by atoms with E-state index in [-0.39, 0.29) is 16.1 Å². The van der Waals surface area contributed by atoms with Gasteiger partial charge in [-0.3, -0.25) is 0 Å². The third-order valence-corrected chi connectivity index (χ3v) is 8.81. The predicted octanol–water partition coefficient (Wildman–Crippen LogP) is 8.07. The molecule has 2 aromatic rings. The Morgan fingerprint density at radius 1 is 1.08 bits per heavy atom. The standard InChI is InChI=1S/C33H43NO3S/c1-21(38-29-12-10-9-11-27(29)34)26-14-13-22(18-28(26)36-8)15-23-16-24(19-25(17-23)35-7)30-31(32(2,3)4)33(5,6)20-37-30/h9-11,13-14,16-19,21,29H,12,15,20,34H2,1-8H3. The Bertz CT molecular complexity index is 1270. The molecule has 2 aromatic carbocycles. The number of hydrogen-bond donors (Lipinski definition) is 1. The Kier molecular flexibility index (Phi) is 8.27. The first-order valence-corrected chi connectivity index (χ1v) is 14.4. The van der Waals surface area contributed by atoms with E-state index in [4.69, 9.17) is 19.9 Å². The second-order valence-corrected chi connectivity index (χ2v) is 13.6. The normalized spacial score (nSPS) is 19.7. The van der Waals surface area contributed by atoms with Crippen molar-refractivity contribution in [2.45, 2.75) is 64.9 Å². The Balaban J connectivity index is 1.62. The number of ether oxygens (including phenoxy) is 3. The summed E-state index contributed by atoms with van der Waals surface area (Å²) in [6.45, 7) is 14.3. The number of methoxy groups -OCH3 is 2. The molecule has 204 valence electrons. The number of benzene rings is 2. The summed E-state index contributed by atoms with van der Waals surface area (Å²) in [5, 5.41) is 0.557. The molecular weight excluding hydrogens is 490 g/mol. The SMILES string of the molecule is COc1cc(Cc2ccc(C(C)SC3CC=CC=C3N)c(OC)c2)cc(C2=C(C(C)(C)C)C(C)(C)CO2)c1. The summed E-state index contributed by atoms with van der Waals surface area (Å²) in [6.07, 6.45) is 7.96. The molecule has 1 aliphatic carbocycles. The molecule has 0 radical (unpaired) electrons. The maximum Gasteiger partial charge on any atom is 0.127 e. The summed E-state index contributed by atoms with van der Waals surface area (Å²) < 4.78 is 17.9. The van der Waals surface area contributed by atoms with E-state index >= 15 is 0 Å². The molecule has 0 fully saturated rings. The number of allylic oxidation sites excluding steroid dienone is 3. The van der Waals surface area contributed by atoms with Crippen molar-refractivity contribution in [2.75, 3.05) is 20.8 Å². The summed E-state index contributed by atoms with van der Waals surface area (Å²) in [6, 6.07) is 13.0. The fourth-order valence-corrected chi connectivity index (χ4v) is 7.11. The maximum absolute atomic E-state index is 6.33. The van der Waals surface area contributed by atoms with Crippen molar-refractivity contribution in [2.24, 2.45) is 16.6 Å². The van der Waals surface area contributed by atoms with Crippen molar-refractivity contribution < 1.29 is 14.2 Å². The van der Waals surface area contributed by atoms with Gasteiger partial charge in [0.2, 0.25) is 0 Å². The number of hydrogen-bond acceptors (Lipinski definition) is 5. The Morgan fingerprint density at radius 3 is 2.50 bits per heavy atom. The van der Waals surface area contributed by atoms with Gasteiger partial charge in [0.15, 0.2) is 0 Å². The summed E-state index contributed by atoms with van der Waals surface area (Å²) >= 11 is 1.88. The minimum Gasteiger partial charge on any atom is -0.497 e. The van der Waals surface area contributed by atoms with E-state index in [1.807, 2.05) is 23.9 Å². The van der Waals surface area contributed by atoms with Crippen LogP contribution in [0.3, 0.4) is 0 Å². The first-order chi connectivity index (χ1) is 17.9. The van der Waals surface area contributed by atoms with Crippen LogP contribution in [0.4, 0.5) is 0 Å². The fourth-order valence-electron chi connectivity index (χ4n) is 5.82. The van der Waals surface area contributed by atoms with Crippen molar-refractivity contribution in [3.8, 4) is 11.5 Å². The summed E-state index contributed by atoms with van der Waals surface area (Å²) in [5.41, 5.74) is 13.2. The molecule has 1 aliphatic heterocycles. The van der Waals surface area contributed by atoms with Crippen molar-refractivity contribution in [3.63, 3.8) is 0 Å². The highest BCUT2D eigenvalue weighted by Gasteiger charge is 2.41. The molecule has 0 saturated heterocycles. The van der Waals surface area contributed by atoms with E-state index in [1.165, 1.54) is 22.3 Å². The average molecular weight is 534 g/mol. The zero-order valence-corrected chi connectivity index (χ0v) is 25.0. The fraction of sp³-hybridized carbons (Fsp3) is 0.455. The Morgan fingerprint density at radius 2 is 1.84 bits per heavy atom. The van der Waals surface area contributed by atoms with Gasteiger partial charge in [0.1, 0.15) is 17.3 Å². The zero-order chi connectivity index (χ0) is 27.7. The minimum absolute atomic E-state index is 0.00481. The van der Waals surface area contributed by atoms with E-state index in [9.17, 15) is 0 Å². The van der Waals surface area contributed by atoms with Crippen LogP contribution in [0, 0.1) is 10.8 Å². The van der Waals surface area contributed by atoms with Crippen LogP contribution in [0.2, 0.25) is 0 Å². The number of nitrogens with two attached hydrogens (primary N) is 1. The van der Waals surface area contributed by atoms with Gasteiger partial charge < -0.3 is 19.9 Å². The van der Waals surface area contributed by atoms with Crippen molar-refractivity contribution in [1.82, 2.24) is 0 Å². The molecule has 2 unspecified atom stereocenters. The van der Waals surface area contributed by atoms with E-state index in [2.05, 4.69) is 84.0 Å². The lowest BCUT2D eigenvalue weighted by Crippen LogP contribution is -2.24. The third-order valence-electron chi connectivity index (χ3n) is 7.35. The van der Waals surface area contributed by atoms with E-state index in [0.717, 1.165) is 41.4 Å². The van der Waals surface area contributed by atoms with Crippen LogP contribution in [0.5, 0.6) is 11.5 Å². The lowest BCUT2D eigenvalue weighted by Gasteiger charge is -2.31. The highest BCUT2D eigenvalue weighted by molar-refractivity contribution is 8.00.